The maximum absolute atomic E-state index is 12.3. The molecule has 0 atom stereocenters. The molecule has 1 rings (SSSR count). The number of pyridine rings is 1. The summed E-state index contributed by atoms with van der Waals surface area (Å²) in [5.74, 6) is -0.0382. The van der Waals surface area contributed by atoms with E-state index in [1.165, 1.54) is 11.0 Å². The second-order valence-corrected chi connectivity index (χ2v) is 4.74. The first-order chi connectivity index (χ1) is 9.86. The summed E-state index contributed by atoms with van der Waals surface area (Å²) in [7, 11) is 3.21. The van der Waals surface area contributed by atoms with E-state index >= 15 is 0 Å². The summed E-state index contributed by atoms with van der Waals surface area (Å²) >= 11 is 0. The van der Waals surface area contributed by atoms with Crippen molar-refractivity contribution in [2.75, 3.05) is 32.6 Å². The molecule has 21 heavy (non-hydrogen) atoms. The number of anilines is 1. The molecule has 0 aliphatic heterocycles. The van der Waals surface area contributed by atoms with Crippen LogP contribution in [0.5, 0.6) is 0 Å². The van der Waals surface area contributed by atoms with Crippen molar-refractivity contribution < 1.29 is 14.5 Å². The van der Waals surface area contributed by atoms with E-state index in [1.54, 1.807) is 14.1 Å². The van der Waals surface area contributed by atoms with Crippen LogP contribution >= 0.6 is 0 Å². The van der Waals surface area contributed by atoms with Gasteiger partial charge in [-0.05, 0) is 13.8 Å². The molecule has 1 aromatic rings. The van der Waals surface area contributed by atoms with Crippen LogP contribution in [-0.4, -0.2) is 54.1 Å². The highest BCUT2D eigenvalue weighted by Gasteiger charge is 2.24. The fourth-order valence-corrected chi connectivity index (χ4v) is 1.63. The molecule has 8 nitrogen and oxygen atoms in total. The number of nitro groups is 1. The lowest BCUT2D eigenvalue weighted by molar-refractivity contribution is -0.385. The lowest BCUT2D eigenvalue weighted by Crippen LogP contribution is -2.31. The zero-order valence-corrected chi connectivity index (χ0v) is 12.6. The summed E-state index contributed by atoms with van der Waals surface area (Å²) in [6.07, 6.45) is 1.15. The molecule has 0 aromatic carbocycles. The van der Waals surface area contributed by atoms with Gasteiger partial charge in [-0.1, -0.05) is 0 Å². The van der Waals surface area contributed by atoms with Crippen molar-refractivity contribution in [1.82, 2.24) is 9.88 Å². The SMILES string of the molecule is CNc1cc(C(=O)N(C)CCOC(C)C)c([N+](=O)[O-])cn1. The van der Waals surface area contributed by atoms with Crippen molar-refractivity contribution in [1.29, 1.82) is 0 Å². The lowest BCUT2D eigenvalue weighted by Gasteiger charge is -2.18. The molecule has 0 unspecified atom stereocenters. The minimum atomic E-state index is -0.613. The van der Waals surface area contributed by atoms with Gasteiger partial charge in [-0.25, -0.2) is 4.98 Å². The smallest absolute Gasteiger partial charge is 0.300 e. The summed E-state index contributed by atoms with van der Waals surface area (Å²) in [6, 6.07) is 1.38. The average molecular weight is 296 g/mol. The molecule has 0 bridgehead atoms. The number of likely N-dealkylation sites (N-methyl/N-ethyl adjacent to an activating group) is 1. The van der Waals surface area contributed by atoms with Crippen LogP contribution in [0.1, 0.15) is 24.2 Å². The highest BCUT2D eigenvalue weighted by atomic mass is 16.6. The third kappa shape index (κ3) is 4.67. The molecule has 116 valence electrons. The monoisotopic (exact) mass is 296 g/mol. The molecule has 0 fully saturated rings. The Labute approximate surface area is 123 Å². The molecular formula is C13H20N4O4. The van der Waals surface area contributed by atoms with Gasteiger partial charge in [-0.3, -0.25) is 14.9 Å². The van der Waals surface area contributed by atoms with E-state index in [0.717, 1.165) is 6.20 Å². The fourth-order valence-electron chi connectivity index (χ4n) is 1.63. The van der Waals surface area contributed by atoms with Gasteiger partial charge >= 0.3 is 0 Å². The van der Waals surface area contributed by atoms with E-state index in [0.29, 0.717) is 19.0 Å². The first kappa shape index (κ1) is 16.8. The number of hydrogen-bond donors (Lipinski definition) is 1. The number of hydrogen-bond acceptors (Lipinski definition) is 6. The Morgan fingerprint density at radius 3 is 2.76 bits per heavy atom. The van der Waals surface area contributed by atoms with Gasteiger partial charge in [-0.2, -0.15) is 0 Å². The van der Waals surface area contributed by atoms with Crippen LogP contribution in [-0.2, 0) is 4.74 Å². The largest absolute Gasteiger partial charge is 0.377 e. The first-order valence-electron chi connectivity index (χ1n) is 6.56. The van der Waals surface area contributed by atoms with Crippen molar-refractivity contribution in [2.45, 2.75) is 20.0 Å². The Bertz CT molecular complexity index is 519. The number of ether oxygens (including phenoxy) is 1. The van der Waals surface area contributed by atoms with Crippen LogP contribution in [0.4, 0.5) is 11.5 Å². The molecule has 8 heteroatoms. The van der Waals surface area contributed by atoms with E-state index in [4.69, 9.17) is 4.74 Å². The number of nitrogens with zero attached hydrogens (tertiary/aromatic N) is 3. The predicted octanol–water partition coefficient (Wildman–Crippen LogP) is 1.53. The van der Waals surface area contributed by atoms with Gasteiger partial charge < -0.3 is 15.0 Å². The van der Waals surface area contributed by atoms with E-state index in [1.807, 2.05) is 13.8 Å². The van der Waals surface area contributed by atoms with Crippen molar-refractivity contribution in [3.05, 3.63) is 27.9 Å². The fraction of sp³-hybridized carbons (Fsp3) is 0.538. The molecule has 0 radical (unpaired) electrons. The molecule has 0 aliphatic rings. The van der Waals surface area contributed by atoms with Crippen LogP contribution in [0.15, 0.2) is 12.3 Å². The number of aromatic nitrogens is 1. The zero-order chi connectivity index (χ0) is 16.0. The molecule has 1 N–H and O–H groups in total. The van der Waals surface area contributed by atoms with Gasteiger partial charge in [0.15, 0.2) is 0 Å². The van der Waals surface area contributed by atoms with Gasteiger partial charge in [0.05, 0.1) is 17.6 Å². The Kier molecular flexibility index (Phi) is 6.04. The minimum Gasteiger partial charge on any atom is -0.377 e. The lowest BCUT2D eigenvalue weighted by atomic mass is 10.2. The predicted molar refractivity (Wildman–Crippen MR) is 78.5 cm³/mol. The number of carbonyl (C=O) groups excluding carboxylic acids is 1. The molecule has 0 saturated heterocycles. The van der Waals surface area contributed by atoms with Gasteiger partial charge in [0.1, 0.15) is 17.6 Å². The minimum absolute atomic E-state index is 0.00592. The Morgan fingerprint density at radius 2 is 2.24 bits per heavy atom. The highest BCUT2D eigenvalue weighted by Crippen LogP contribution is 2.21. The number of rotatable bonds is 7. The second kappa shape index (κ2) is 7.53. The Hall–Kier alpha value is -2.22. The topological polar surface area (TPSA) is 97.6 Å². The maximum Gasteiger partial charge on any atom is 0.300 e. The number of nitrogens with one attached hydrogen (secondary N) is 1. The highest BCUT2D eigenvalue weighted by molar-refractivity contribution is 5.98. The van der Waals surface area contributed by atoms with E-state index in [2.05, 4.69) is 10.3 Å². The molecule has 0 spiro atoms. The summed E-state index contributed by atoms with van der Waals surface area (Å²) in [5.41, 5.74) is -0.304. The summed E-state index contributed by atoms with van der Waals surface area (Å²) in [4.78, 5) is 28.0. The third-order valence-corrected chi connectivity index (χ3v) is 2.79. The Morgan fingerprint density at radius 1 is 1.57 bits per heavy atom. The molecule has 1 aromatic heterocycles. The van der Waals surface area contributed by atoms with E-state index < -0.39 is 10.8 Å². The van der Waals surface area contributed by atoms with Crippen molar-refractivity contribution in [3.63, 3.8) is 0 Å². The van der Waals surface area contributed by atoms with Crippen LogP contribution in [0.25, 0.3) is 0 Å². The first-order valence-corrected chi connectivity index (χ1v) is 6.56. The molecule has 1 amide bonds. The molecular weight excluding hydrogens is 276 g/mol. The van der Waals surface area contributed by atoms with Gasteiger partial charge in [0, 0.05) is 26.7 Å². The normalized spacial score (nSPS) is 10.5. The number of carbonyl (C=O) groups is 1. The summed E-state index contributed by atoms with van der Waals surface area (Å²) < 4.78 is 5.37. The molecule has 1 heterocycles. The zero-order valence-electron chi connectivity index (χ0n) is 12.6. The van der Waals surface area contributed by atoms with Gasteiger partial charge in [0.25, 0.3) is 11.6 Å². The van der Waals surface area contributed by atoms with Crippen LogP contribution < -0.4 is 5.32 Å². The number of amides is 1. The van der Waals surface area contributed by atoms with Crippen LogP contribution in [0.2, 0.25) is 0 Å². The Balaban J connectivity index is 2.91. The second-order valence-electron chi connectivity index (χ2n) is 4.74. The van der Waals surface area contributed by atoms with Crippen molar-refractivity contribution in [3.8, 4) is 0 Å². The quantitative estimate of drug-likeness (QED) is 0.605. The average Bonchev–Trinajstić information content (AvgIpc) is 2.45. The van der Waals surface area contributed by atoms with Gasteiger partial charge in [-0.15, -0.1) is 0 Å². The van der Waals surface area contributed by atoms with E-state index in [9.17, 15) is 14.9 Å². The van der Waals surface area contributed by atoms with E-state index in [-0.39, 0.29) is 17.4 Å². The molecule has 0 saturated carbocycles. The maximum atomic E-state index is 12.3. The third-order valence-electron chi connectivity index (χ3n) is 2.79. The van der Waals surface area contributed by atoms with Crippen molar-refractivity contribution in [2.24, 2.45) is 0 Å². The summed E-state index contributed by atoms with van der Waals surface area (Å²) in [6.45, 7) is 4.52. The van der Waals surface area contributed by atoms with Crippen LogP contribution in [0, 0.1) is 10.1 Å². The molecule has 0 aliphatic carbocycles. The van der Waals surface area contributed by atoms with Crippen molar-refractivity contribution >= 4 is 17.4 Å². The van der Waals surface area contributed by atoms with Crippen LogP contribution in [0.3, 0.4) is 0 Å². The summed E-state index contributed by atoms with van der Waals surface area (Å²) in [5, 5.41) is 13.8. The van der Waals surface area contributed by atoms with Gasteiger partial charge in [0.2, 0.25) is 0 Å². The standard InChI is InChI=1S/C13H20N4O4/c1-9(2)21-6-5-16(4)13(18)10-7-12(14-3)15-8-11(10)17(19)20/h7-9H,5-6H2,1-4H3,(H,14,15).